The molecule has 2 nitrogen and oxygen atoms in total. The molecule has 1 rings (SSSR count). The molecule has 0 unspecified atom stereocenters. The van der Waals surface area contributed by atoms with Gasteiger partial charge >= 0.3 is 0 Å². The monoisotopic (exact) mass is 168 g/mol. The molecular weight excluding hydrogens is 156 g/mol. The maximum Gasteiger partial charge on any atom is 0.115 e. The molecule has 0 amide bonds. The van der Waals surface area contributed by atoms with Crippen molar-refractivity contribution in [3.05, 3.63) is 18.1 Å². The summed E-state index contributed by atoms with van der Waals surface area (Å²) in [6.07, 6.45) is 3.35. The van der Waals surface area contributed by atoms with Crippen molar-refractivity contribution in [2.75, 3.05) is 0 Å². The smallest absolute Gasteiger partial charge is 0.115 e. The molecule has 1 aromatic heterocycles. The molecule has 1 heterocycles. The van der Waals surface area contributed by atoms with Crippen LogP contribution in [-0.2, 0) is 5.41 Å². The number of hydrogen-bond donors (Lipinski definition) is 1. The van der Waals surface area contributed by atoms with Crippen LogP contribution in [0.3, 0.4) is 0 Å². The van der Waals surface area contributed by atoms with E-state index >= 15 is 0 Å². The van der Waals surface area contributed by atoms with Crippen molar-refractivity contribution in [3.8, 4) is 0 Å². The van der Waals surface area contributed by atoms with E-state index in [9.17, 15) is 0 Å². The standard InChI is InChI=1S/C8H12N2S/c1-8(2,3)6-7(11)10-5-4-9-6/h4-5H,1-3H3,(H,10,11). The number of hydrogen-bond acceptors (Lipinski definition) is 3. The maximum atomic E-state index is 4.22. The Kier molecular flexibility index (Phi) is 2.18. The minimum absolute atomic E-state index is 0.0331. The quantitative estimate of drug-likeness (QED) is 0.600. The summed E-state index contributed by atoms with van der Waals surface area (Å²) in [6.45, 7) is 6.28. The molecule has 3 heteroatoms. The van der Waals surface area contributed by atoms with Crippen LogP contribution in [0.15, 0.2) is 17.4 Å². The predicted octanol–water partition coefficient (Wildman–Crippen LogP) is 2.06. The van der Waals surface area contributed by atoms with Gasteiger partial charge in [0, 0.05) is 17.8 Å². The highest BCUT2D eigenvalue weighted by atomic mass is 32.1. The second-order valence-corrected chi connectivity index (χ2v) is 3.90. The zero-order valence-corrected chi connectivity index (χ0v) is 7.89. The summed E-state index contributed by atoms with van der Waals surface area (Å²) in [4.78, 5) is 8.26. The average Bonchev–Trinajstić information content (AvgIpc) is 1.86. The number of thiol groups is 1. The molecule has 0 saturated heterocycles. The molecular formula is C8H12N2S. The van der Waals surface area contributed by atoms with Crippen LogP contribution < -0.4 is 0 Å². The third kappa shape index (κ3) is 1.93. The van der Waals surface area contributed by atoms with E-state index in [1.165, 1.54) is 0 Å². The summed E-state index contributed by atoms with van der Waals surface area (Å²) in [7, 11) is 0. The van der Waals surface area contributed by atoms with Crippen LogP contribution >= 0.6 is 12.6 Å². The topological polar surface area (TPSA) is 25.8 Å². The fourth-order valence-corrected chi connectivity index (χ4v) is 1.32. The highest BCUT2D eigenvalue weighted by molar-refractivity contribution is 7.80. The third-order valence-electron chi connectivity index (χ3n) is 1.39. The van der Waals surface area contributed by atoms with Crippen LogP contribution in [0.25, 0.3) is 0 Å². The summed E-state index contributed by atoms with van der Waals surface area (Å²) < 4.78 is 0. The highest BCUT2D eigenvalue weighted by Gasteiger charge is 2.18. The van der Waals surface area contributed by atoms with Gasteiger partial charge in [0.2, 0.25) is 0 Å². The van der Waals surface area contributed by atoms with E-state index in [0.29, 0.717) is 0 Å². The van der Waals surface area contributed by atoms with Crippen molar-refractivity contribution in [1.82, 2.24) is 9.97 Å². The SMILES string of the molecule is CC(C)(C)c1nccnc1S. The van der Waals surface area contributed by atoms with Gasteiger partial charge in [-0.2, -0.15) is 0 Å². The van der Waals surface area contributed by atoms with Crippen molar-refractivity contribution >= 4 is 12.6 Å². The first-order valence-corrected chi connectivity index (χ1v) is 3.97. The number of aromatic nitrogens is 2. The Labute approximate surface area is 72.5 Å². The van der Waals surface area contributed by atoms with Gasteiger partial charge < -0.3 is 0 Å². The van der Waals surface area contributed by atoms with Crippen molar-refractivity contribution in [2.24, 2.45) is 0 Å². The molecule has 0 aromatic carbocycles. The molecule has 0 bridgehead atoms. The first kappa shape index (κ1) is 8.53. The molecule has 0 atom stereocenters. The van der Waals surface area contributed by atoms with Gasteiger partial charge in [0.05, 0.1) is 5.69 Å². The van der Waals surface area contributed by atoms with Gasteiger partial charge in [-0.1, -0.05) is 20.8 Å². The average molecular weight is 168 g/mol. The minimum Gasteiger partial charge on any atom is -0.256 e. The van der Waals surface area contributed by atoms with Crippen LogP contribution in [0.4, 0.5) is 0 Å². The largest absolute Gasteiger partial charge is 0.256 e. The summed E-state index contributed by atoms with van der Waals surface area (Å²) in [5.41, 5.74) is 0.981. The molecule has 11 heavy (non-hydrogen) atoms. The lowest BCUT2D eigenvalue weighted by Crippen LogP contribution is -2.14. The summed E-state index contributed by atoms with van der Waals surface area (Å²) in [5, 5.41) is 0.722. The summed E-state index contributed by atoms with van der Waals surface area (Å²) in [5.74, 6) is 0. The zero-order chi connectivity index (χ0) is 8.48. The highest BCUT2D eigenvalue weighted by Crippen LogP contribution is 2.23. The second-order valence-electron chi connectivity index (χ2n) is 3.48. The van der Waals surface area contributed by atoms with Crippen LogP contribution in [0.1, 0.15) is 26.5 Å². The van der Waals surface area contributed by atoms with Crippen molar-refractivity contribution in [1.29, 1.82) is 0 Å². The van der Waals surface area contributed by atoms with Crippen molar-refractivity contribution in [3.63, 3.8) is 0 Å². The lowest BCUT2D eigenvalue weighted by molar-refractivity contribution is 0.547. The van der Waals surface area contributed by atoms with E-state index in [0.717, 1.165) is 10.7 Å². The molecule has 0 aliphatic carbocycles. The van der Waals surface area contributed by atoms with E-state index in [2.05, 4.69) is 43.4 Å². The van der Waals surface area contributed by atoms with E-state index in [1.807, 2.05) is 0 Å². The molecule has 1 aromatic rings. The molecule has 0 fully saturated rings. The van der Waals surface area contributed by atoms with E-state index < -0.39 is 0 Å². The van der Waals surface area contributed by atoms with Crippen LogP contribution in [0.2, 0.25) is 0 Å². The van der Waals surface area contributed by atoms with Gasteiger partial charge in [0.1, 0.15) is 5.03 Å². The minimum atomic E-state index is 0.0331. The van der Waals surface area contributed by atoms with Gasteiger partial charge in [-0.25, -0.2) is 4.98 Å². The van der Waals surface area contributed by atoms with Crippen molar-refractivity contribution < 1.29 is 0 Å². The van der Waals surface area contributed by atoms with E-state index in [1.54, 1.807) is 12.4 Å². The van der Waals surface area contributed by atoms with Crippen LogP contribution in [0.5, 0.6) is 0 Å². The Hall–Kier alpha value is -0.570. The Morgan fingerprint density at radius 3 is 2.09 bits per heavy atom. The van der Waals surface area contributed by atoms with Gasteiger partial charge in [-0.3, -0.25) is 4.98 Å². The maximum absolute atomic E-state index is 4.22. The van der Waals surface area contributed by atoms with Gasteiger partial charge in [-0.15, -0.1) is 12.6 Å². The number of nitrogens with zero attached hydrogens (tertiary/aromatic N) is 2. The van der Waals surface area contributed by atoms with Gasteiger partial charge in [0.15, 0.2) is 0 Å². The molecule has 0 spiro atoms. The zero-order valence-electron chi connectivity index (χ0n) is 7.00. The molecule has 0 aliphatic rings. The summed E-state index contributed by atoms with van der Waals surface area (Å²) >= 11 is 4.22. The summed E-state index contributed by atoms with van der Waals surface area (Å²) in [6, 6.07) is 0. The molecule has 0 radical (unpaired) electrons. The second kappa shape index (κ2) is 2.81. The first-order chi connectivity index (χ1) is 5.02. The van der Waals surface area contributed by atoms with E-state index in [4.69, 9.17) is 0 Å². The van der Waals surface area contributed by atoms with Crippen LogP contribution in [-0.4, -0.2) is 9.97 Å². The van der Waals surface area contributed by atoms with E-state index in [-0.39, 0.29) is 5.41 Å². The third-order valence-corrected chi connectivity index (χ3v) is 1.72. The molecule has 0 saturated carbocycles. The fraction of sp³-hybridized carbons (Fsp3) is 0.500. The predicted molar refractivity (Wildman–Crippen MR) is 48.0 cm³/mol. The number of rotatable bonds is 0. The lowest BCUT2D eigenvalue weighted by Gasteiger charge is -2.17. The van der Waals surface area contributed by atoms with Crippen molar-refractivity contribution in [2.45, 2.75) is 31.2 Å². The molecule has 0 aliphatic heterocycles. The lowest BCUT2D eigenvalue weighted by atomic mass is 9.93. The van der Waals surface area contributed by atoms with Gasteiger partial charge in [0.25, 0.3) is 0 Å². The first-order valence-electron chi connectivity index (χ1n) is 3.52. The van der Waals surface area contributed by atoms with Crippen LogP contribution in [0, 0.1) is 0 Å². The fourth-order valence-electron chi connectivity index (χ4n) is 0.860. The van der Waals surface area contributed by atoms with Gasteiger partial charge in [-0.05, 0) is 0 Å². The Bertz CT molecular complexity index is 253. The Morgan fingerprint density at radius 1 is 1.18 bits per heavy atom. The molecule has 60 valence electrons. The Balaban J connectivity index is 3.14. The Morgan fingerprint density at radius 2 is 1.73 bits per heavy atom. The normalized spacial score (nSPS) is 11.6. The molecule has 0 N–H and O–H groups in total.